The first-order chi connectivity index (χ1) is 12.3. The van der Waals surface area contributed by atoms with Crippen LogP contribution in [0.25, 0.3) is 0 Å². The first-order valence-corrected chi connectivity index (χ1v) is 11.0. The van der Waals surface area contributed by atoms with E-state index in [9.17, 15) is 0 Å². The van der Waals surface area contributed by atoms with Crippen LogP contribution < -0.4 is 10.5 Å². The highest BCUT2D eigenvalue weighted by Crippen LogP contribution is 2.20. The Morgan fingerprint density at radius 3 is 1.88 bits per heavy atom. The molecule has 0 bridgehead atoms. The fourth-order valence-corrected chi connectivity index (χ4v) is 2.23. The number of nitrogens with zero attached hydrogens (tertiary/aromatic N) is 1. The van der Waals surface area contributed by atoms with Crippen molar-refractivity contribution in [1.29, 1.82) is 0 Å². The summed E-state index contributed by atoms with van der Waals surface area (Å²) in [4.78, 5) is 3.90. The lowest BCUT2D eigenvalue weighted by molar-refractivity contribution is 0.482. The Labute approximate surface area is 157 Å². The summed E-state index contributed by atoms with van der Waals surface area (Å²) in [5.74, 6) is 1.54. The van der Waals surface area contributed by atoms with Crippen LogP contribution in [0.15, 0.2) is 48.8 Å². The molecule has 0 spiro atoms. The summed E-state index contributed by atoms with van der Waals surface area (Å²) < 4.78 is 5.54. The van der Waals surface area contributed by atoms with E-state index in [2.05, 4.69) is 18.6 Å². The van der Waals surface area contributed by atoms with Gasteiger partial charge in [-0.2, -0.15) is 0 Å². The average molecular weight is 365 g/mol. The molecular weight excluding hydrogens is 327 g/mol. The molecule has 25 heavy (non-hydrogen) atoms. The van der Waals surface area contributed by atoms with Crippen molar-refractivity contribution in [2.24, 2.45) is 0 Å². The van der Waals surface area contributed by atoms with Gasteiger partial charge < -0.3 is 10.5 Å². The maximum absolute atomic E-state index is 5.55. The number of unbranched alkanes of at least 4 members (excludes halogenated alkanes) is 2. The van der Waals surface area contributed by atoms with Crippen molar-refractivity contribution in [2.75, 3.05) is 18.6 Å². The van der Waals surface area contributed by atoms with Crippen LogP contribution in [0.3, 0.4) is 0 Å². The molecule has 2 rings (SSSR count). The monoisotopic (exact) mass is 364 g/mol. The first-order valence-electron chi connectivity index (χ1n) is 9.34. The minimum absolute atomic E-state index is 0.729. The van der Waals surface area contributed by atoms with Crippen LogP contribution in [0.1, 0.15) is 53.9 Å². The minimum Gasteiger partial charge on any atom is -0.457 e. The van der Waals surface area contributed by atoms with Crippen LogP contribution in [-0.4, -0.2) is 17.8 Å². The molecule has 0 radical (unpaired) electrons. The highest BCUT2D eigenvalue weighted by atomic mass is 31.1. The number of aromatic nitrogens is 1. The smallest absolute Gasteiger partial charge is 0.130 e. The van der Waals surface area contributed by atoms with Gasteiger partial charge in [0.1, 0.15) is 11.5 Å². The summed E-state index contributed by atoms with van der Waals surface area (Å²) in [6.07, 6.45) is 9.07. The van der Waals surface area contributed by atoms with Gasteiger partial charge in [-0.15, -0.1) is 8.58 Å². The quantitative estimate of drug-likeness (QED) is 0.341. The van der Waals surface area contributed by atoms with E-state index in [4.69, 9.17) is 10.5 Å². The molecule has 0 aliphatic carbocycles. The Hall–Kier alpha value is -1.60. The van der Waals surface area contributed by atoms with Crippen molar-refractivity contribution in [3.63, 3.8) is 0 Å². The number of rotatable bonds is 6. The van der Waals surface area contributed by atoms with Crippen molar-refractivity contribution in [3.8, 4) is 11.5 Å². The molecule has 0 aliphatic heterocycles. The van der Waals surface area contributed by atoms with Gasteiger partial charge in [0.15, 0.2) is 0 Å². The second-order valence-corrected chi connectivity index (χ2v) is 5.87. The standard InChI is InChI=1S/C11H10N2O.C6H15P.2C2H6/c12-9-1-3-10(4-2-9)14-11-5-7-13-8-6-11;1-3-4-5-6-7-2;2*1-2/h1-8H,12H2;7H,3-6H2,1-2H3;2*1-2H3. The molecule has 0 saturated carbocycles. The lowest BCUT2D eigenvalue weighted by atomic mass is 10.3. The maximum Gasteiger partial charge on any atom is 0.130 e. The molecule has 142 valence electrons. The van der Waals surface area contributed by atoms with E-state index < -0.39 is 0 Å². The molecule has 2 N–H and O–H groups in total. The van der Waals surface area contributed by atoms with Crippen molar-refractivity contribution in [3.05, 3.63) is 48.8 Å². The molecule has 1 aromatic carbocycles. The topological polar surface area (TPSA) is 48.1 Å². The van der Waals surface area contributed by atoms with E-state index in [0.29, 0.717) is 0 Å². The predicted octanol–water partition coefficient (Wildman–Crippen LogP) is 6.99. The van der Waals surface area contributed by atoms with Crippen LogP contribution in [0, 0.1) is 0 Å². The Kier molecular flexibility index (Phi) is 21.0. The summed E-state index contributed by atoms with van der Waals surface area (Å²) in [5.41, 5.74) is 6.28. The number of anilines is 1. The van der Waals surface area contributed by atoms with E-state index in [1.807, 2.05) is 39.8 Å². The molecule has 2 aromatic rings. The number of benzene rings is 1. The van der Waals surface area contributed by atoms with Crippen molar-refractivity contribution >= 4 is 14.3 Å². The summed E-state index contributed by atoms with van der Waals surface area (Å²) in [7, 11) is 1.17. The van der Waals surface area contributed by atoms with Gasteiger partial charge in [0.25, 0.3) is 0 Å². The third kappa shape index (κ3) is 15.7. The molecule has 1 atom stereocenters. The van der Waals surface area contributed by atoms with E-state index in [1.54, 1.807) is 36.7 Å². The van der Waals surface area contributed by atoms with Gasteiger partial charge in [0.2, 0.25) is 0 Å². The second-order valence-electron chi connectivity index (χ2n) is 4.66. The molecule has 1 heterocycles. The van der Waals surface area contributed by atoms with Crippen LogP contribution in [0.5, 0.6) is 11.5 Å². The summed E-state index contributed by atoms with van der Waals surface area (Å²) >= 11 is 0. The zero-order valence-electron chi connectivity index (χ0n) is 16.9. The molecular formula is C21H37N2OP. The largest absolute Gasteiger partial charge is 0.457 e. The SMILES string of the molecule is CC.CC.CCCCCPC.Nc1ccc(Oc2ccncc2)cc1. The van der Waals surface area contributed by atoms with Gasteiger partial charge in [-0.1, -0.05) is 47.5 Å². The van der Waals surface area contributed by atoms with Gasteiger partial charge in [0, 0.05) is 18.1 Å². The average Bonchev–Trinajstić information content (AvgIpc) is 2.69. The van der Waals surface area contributed by atoms with E-state index >= 15 is 0 Å². The Balaban J connectivity index is 0. The number of nitrogens with two attached hydrogens (primary N) is 1. The lowest BCUT2D eigenvalue weighted by Crippen LogP contribution is -1.86. The molecule has 3 nitrogen and oxygen atoms in total. The number of hydrogen-bond donors (Lipinski definition) is 1. The normalized spacial score (nSPS) is 9.04. The van der Waals surface area contributed by atoms with E-state index in [-0.39, 0.29) is 0 Å². The lowest BCUT2D eigenvalue weighted by Gasteiger charge is -2.04. The second kappa shape index (κ2) is 20.4. The Morgan fingerprint density at radius 2 is 1.40 bits per heavy atom. The maximum atomic E-state index is 5.55. The molecule has 1 aromatic heterocycles. The zero-order chi connectivity index (χ0) is 19.3. The van der Waals surface area contributed by atoms with Crippen LogP contribution in [0.4, 0.5) is 5.69 Å². The van der Waals surface area contributed by atoms with Crippen molar-refractivity contribution in [1.82, 2.24) is 4.98 Å². The van der Waals surface area contributed by atoms with Gasteiger partial charge in [-0.25, -0.2) is 0 Å². The summed E-state index contributed by atoms with van der Waals surface area (Å²) in [6, 6.07) is 10.9. The third-order valence-corrected chi connectivity index (χ3v) is 3.65. The molecule has 1 unspecified atom stereocenters. The molecule has 0 aliphatic rings. The van der Waals surface area contributed by atoms with Gasteiger partial charge in [-0.05, 0) is 55.6 Å². The van der Waals surface area contributed by atoms with Crippen LogP contribution in [-0.2, 0) is 0 Å². The summed E-state index contributed by atoms with van der Waals surface area (Å²) in [6.45, 7) is 12.5. The van der Waals surface area contributed by atoms with E-state index in [1.165, 1.54) is 34.0 Å². The Bertz CT molecular complexity index is 471. The third-order valence-electron chi connectivity index (χ3n) is 2.80. The molecule has 4 heteroatoms. The predicted molar refractivity (Wildman–Crippen MR) is 116 cm³/mol. The Morgan fingerprint density at radius 1 is 0.880 bits per heavy atom. The number of pyridine rings is 1. The minimum atomic E-state index is 0.729. The molecule has 0 saturated heterocycles. The summed E-state index contributed by atoms with van der Waals surface area (Å²) in [5, 5.41) is 0. The van der Waals surface area contributed by atoms with Gasteiger partial charge >= 0.3 is 0 Å². The fourth-order valence-electron chi connectivity index (χ4n) is 1.63. The van der Waals surface area contributed by atoms with Gasteiger partial charge in [-0.3, -0.25) is 4.98 Å². The first kappa shape index (κ1) is 25.6. The molecule has 0 fully saturated rings. The highest BCUT2D eigenvalue weighted by Gasteiger charge is 1.94. The number of nitrogen functional groups attached to an aromatic ring is 1. The fraction of sp³-hybridized carbons (Fsp3) is 0.476. The van der Waals surface area contributed by atoms with Crippen molar-refractivity contribution < 1.29 is 4.74 Å². The van der Waals surface area contributed by atoms with E-state index in [0.717, 1.165) is 17.2 Å². The van der Waals surface area contributed by atoms with Gasteiger partial charge in [0.05, 0.1) is 0 Å². The zero-order valence-corrected chi connectivity index (χ0v) is 17.9. The van der Waals surface area contributed by atoms with Crippen molar-refractivity contribution in [2.45, 2.75) is 53.9 Å². The van der Waals surface area contributed by atoms with Crippen LogP contribution >= 0.6 is 8.58 Å². The van der Waals surface area contributed by atoms with Crippen LogP contribution in [0.2, 0.25) is 0 Å². The number of hydrogen-bond acceptors (Lipinski definition) is 3. The number of ether oxygens (including phenoxy) is 1. The molecule has 0 amide bonds. The highest BCUT2D eigenvalue weighted by molar-refractivity contribution is 7.36.